The molecule has 62 heavy (non-hydrogen) atoms. The summed E-state index contributed by atoms with van der Waals surface area (Å²) in [5.74, 6) is 1.77. The maximum absolute atomic E-state index is 5.49. The first-order valence-electron chi connectivity index (χ1n) is 21.1. The molecular weight excluding hydrogens is 775 g/mol. The van der Waals surface area contributed by atoms with E-state index in [0.29, 0.717) is 11.1 Å². The molecule has 3 aliphatic rings. The van der Waals surface area contributed by atoms with Crippen LogP contribution in [0.15, 0.2) is 221 Å². The zero-order valence-corrected chi connectivity index (χ0v) is 34.4. The van der Waals surface area contributed by atoms with E-state index in [-0.39, 0.29) is 12.1 Å². The van der Waals surface area contributed by atoms with Crippen molar-refractivity contribution in [2.75, 3.05) is 0 Å². The van der Waals surface area contributed by atoms with Gasteiger partial charge in [-0.05, 0) is 80.9 Å². The molecule has 0 bridgehead atoms. The number of nitrogens with one attached hydrogen (secondary N) is 2. The molecule has 7 aromatic carbocycles. The minimum absolute atomic E-state index is 0.254. The summed E-state index contributed by atoms with van der Waals surface area (Å²) in [6.45, 7) is 0. The Morgan fingerprint density at radius 2 is 1.27 bits per heavy atom. The summed E-state index contributed by atoms with van der Waals surface area (Å²) < 4.78 is 0. The van der Waals surface area contributed by atoms with Gasteiger partial charge in [-0.25, -0.2) is 15.0 Å². The molecule has 3 atom stereocenters. The number of nitrogens with zero attached hydrogens (tertiary/aromatic N) is 3. The number of aromatic amines is 1. The Morgan fingerprint density at radius 1 is 0.565 bits per heavy atom. The highest BCUT2D eigenvalue weighted by molar-refractivity contribution is 8.00. The molecule has 0 radical (unpaired) electrons. The number of hydrogen-bond acceptors (Lipinski definition) is 5. The predicted molar refractivity (Wildman–Crippen MR) is 258 cm³/mol. The van der Waals surface area contributed by atoms with Gasteiger partial charge in [-0.15, -0.1) is 11.8 Å². The van der Waals surface area contributed by atoms with Crippen LogP contribution in [0.5, 0.6) is 0 Å². The van der Waals surface area contributed by atoms with Crippen molar-refractivity contribution in [2.24, 2.45) is 9.98 Å². The van der Waals surface area contributed by atoms with E-state index in [4.69, 9.17) is 15.0 Å². The van der Waals surface area contributed by atoms with E-state index in [1.54, 1.807) is 0 Å². The second-order valence-electron chi connectivity index (χ2n) is 16.0. The average molecular weight is 814 g/mol. The van der Waals surface area contributed by atoms with Gasteiger partial charge in [0.05, 0.1) is 16.7 Å². The van der Waals surface area contributed by atoms with Gasteiger partial charge in [-0.2, -0.15) is 0 Å². The zero-order chi connectivity index (χ0) is 41.0. The maximum atomic E-state index is 5.49. The van der Waals surface area contributed by atoms with Crippen LogP contribution in [0.2, 0.25) is 0 Å². The van der Waals surface area contributed by atoms with Gasteiger partial charge in [0.25, 0.3) is 0 Å². The highest BCUT2D eigenvalue weighted by Crippen LogP contribution is 2.53. The van der Waals surface area contributed by atoms with Gasteiger partial charge in [0.2, 0.25) is 0 Å². The SMILES string of the molecule is C1=CC2Sc3ccccc3C2C(c2cc(-c3ccc(C4N=C(c5ccccc5)N=C(c5ccccc5)N4)cc3)cc(-c3cc(-c4ccccc4)c4ccc5cc[nH]c5c4n3)c2)=C1. The third kappa shape index (κ3) is 6.48. The van der Waals surface area contributed by atoms with Crippen LogP contribution in [0.4, 0.5) is 0 Å². The van der Waals surface area contributed by atoms with E-state index in [1.807, 2.05) is 54.4 Å². The van der Waals surface area contributed by atoms with Gasteiger partial charge in [0.15, 0.2) is 5.84 Å². The van der Waals surface area contributed by atoms with E-state index >= 15 is 0 Å². The van der Waals surface area contributed by atoms with Crippen LogP contribution in [0.3, 0.4) is 0 Å². The van der Waals surface area contributed by atoms with Gasteiger partial charge in [-0.1, -0.05) is 164 Å². The quantitative estimate of drug-likeness (QED) is 0.168. The normalized spacial score (nSPS) is 17.8. The number of H-pyrrole nitrogens is 1. The molecule has 0 saturated carbocycles. The van der Waals surface area contributed by atoms with E-state index in [2.05, 4.69) is 174 Å². The van der Waals surface area contributed by atoms with Gasteiger partial charge < -0.3 is 10.3 Å². The van der Waals surface area contributed by atoms with Crippen molar-refractivity contribution in [3.05, 3.63) is 234 Å². The highest BCUT2D eigenvalue weighted by Gasteiger charge is 2.36. The molecule has 5 nitrogen and oxygen atoms in total. The predicted octanol–water partition coefficient (Wildman–Crippen LogP) is 13.4. The van der Waals surface area contributed by atoms with Crippen molar-refractivity contribution in [2.45, 2.75) is 22.2 Å². The summed E-state index contributed by atoms with van der Waals surface area (Å²) in [4.78, 5) is 20.5. The lowest BCUT2D eigenvalue weighted by molar-refractivity contribution is 0.674. The van der Waals surface area contributed by atoms with Crippen LogP contribution in [0, 0.1) is 0 Å². The summed E-state index contributed by atoms with van der Waals surface area (Å²) in [7, 11) is 0. The molecule has 0 amide bonds. The van der Waals surface area contributed by atoms with Gasteiger partial charge >= 0.3 is 0 Å². The molecule has 0 spiro atoms. The highest BCUT2D eigenvalue weighted by atomic mass is 32.2. The number of rotatable bonds is 7. The first-order valence-corrected chi connectivity index (χ1v) is 22.0. The van der Waals surface area contributed by atoms with Crippen molar-refractivity contribution in [1.29, 1.82) is 0 Å². The maximum Gasteiger partial charge on any atom is 0.159 e. The first-order chi connectivity index (χ1) is 30.7. The Morgan fingerprint density at radius 3 is 2.08 bits per heavy atom. The number of fused-ring (bicyclic) bond motifs is 6. The van der Waals surface area contributed by atoms with E-state index in [9.17, 15) is 0 Å². The van der Waals surface area contributed by atoms with Crippen molar-refractivity contribution in [1.82, 2.24) is 15.3 Å². The molecule has 12 rings (SSSR count). The number of pyridine rings is 1. The van der Waals surface area contributed by atoms with Crippen LogP contribution in [-0.4, -0.2) is 26.9 Å². The fraction of sp³-hybridized carbons (Fsp3) is 0.0536. The second kappa shape index (κ2) is 15.2. The fourth-order valence-corrected chi connectivity index (χ4v) is 10.6. The van der Waals surface area contributed by atoms with Crippen LogP contribution in [0.25, 0.3) is 60.9 Å². The largest absolute Gasteiger partial charge is 0.359 e. The van der Waals surface area contributed by atoms with E-state index < -0.39 is 0 Å². The molecule has 2 aromatic heterocycles. The third-order valence-corrected chi connectivity index (χ3v) is 13.6. The van der Waals surface area contributed by atoms with Gasteiger partial charge in [0.1, 0.15) is 12.0 Å². The Labute approximate surface area is 364 Å². The van der Waals surface area contributed by atoms with Crippen molar-refractivity contribution in [3.63, 3.8) is 0 Å². The monoisotopic (exact) mass is 813 g/mol. The number of amidine groups is 2. The minimum atomic E-state index is -0.312. The molecule has 2 N–H and O–H groups in total. The Bertz CT molecular complexity index is 3290. The molecule has 4 heterocycles. The number of aromatic nitrogens is 2. The molecule has 1 aliphatic carbocycles. The second-order valence-corrected chi connectivity index (χ2v) is 17.3. The lowest BCUT2D eigenvalue weighted by Gasteiger charge is -2.25. The Balaban J connectivity index is 1.00. The van der Waals surface area contributed by atoms with Crippen LogP contribution in [-0.2, 0) is 0 Å². The molecule has 6 heteroatoms. The summed E-state index contributed by atoms with van der Waals surface area (Å²) in [6, 6.07) is 64.8. The summed E-state index contributed by atoms with van der Waals surface area (Å²) in [6.07, 6.45) is 8.62. The van der Waals surface area contributed by atoms with Crippen LogP contribution < -0.4 is 5.32 Å². The van der Waals surface area contributed by atoms with Crippen molar-refractivity contribution < 1.29 is 0 Å². The molecule has 294 valence electrons. The van der Waals surface area contributed by atoms with Gasteiger partial charge in [0, 0.05) is 49.7 Å². The molecule has 0 fully saturated rings. The Hall–Kier alpha value is -7.54. The lowest BCUT2D eigenvalue weighted by Crippen LogP contribution is -2.33. The molecular formula is C56H39N5S. The summed E-state index contributed by atoms with van der Waals surface area (Å²) in [5, 5.41) is 6.25. The van der Waals surface area contributed by atoms with Crippen molar-refractivity contribution in [3.8, 4) is 33.5 Å². The minimum Gasteiger partial charge on any atom is -0.359 e. The average Bonchev–Trinajstić information content (AvgIpc) is 4.00. The van der Waals surface area contributed by atoms with E-state index in [1.165, 1.54) is 21.6 Å². The molecule has 9 aromatic rings. The first kappa shape index (κ1) is 36.3. The third-order valence-electron chi connectivity index (χ3n) is 12.3. The standard InChI is InChI=1S/C56H39N5S/c1-4-13-36(14-5-1)47-34-48(58-53-45(47)28-27-37-29-30-57-52(37)53)43-32-41(31-42(33-43)44-20-12-22-50-51(44)46-19-10-11-21-49(46)62-50)35-23-25-40(26-24-35)56-60-54(38-15-6-2-7-16-38)59-55(61-56)39-17-8-3-9-18-39/h1-34,50-51,56-57H,(H,59,60,61). The number of thioether (sulfide) groups is 1. The van der Waals surface area contributed by atoms with Gasteiger partial charge in [-0.3, -0.25) is 0 Å². The molecule has 0 saturated heterocycles. The Kier molecular flexibility index (Phi) is 8.89. The van der Waals surface area contributed by atoms with Crippen LogP contribution >= 0.6 is 11.8 Å². The van der Waals surface area contributed by atoms with Crippen LogP contribution in [0.1, 0.15) is 39.9 Å². The molecule has 3 unspecified atom stereocenters. The smallest absolute Gasteiger partial charge is 0.159 e. The van der Waals surface area contributed by atoms with Crippen molar-refractivity contribution >= 4 is 50.8 Å². The number of hydrogen-bond donors (Lipinski definition) is 2. The fourth-order valence-electron chi connectivity index (χ4n) is 9.24. The topological polar surface area (TPSA) is 65.4 Å². The number of benzene rings is 7. The number of allylic oxidation sites excluding steroid dienone is 3. The zero-order valence-electron chi connectivity index (χ0n) is 33.6. The summed E-state index contributed by atoms with van der Waals surface area (Å²) >= 11 is 1.97. The number of aliphatic imine (C=N–C) groups is 2. The van der Waals surface area contributed by atoms with E-state index in [0.717, 1.165) is 77.8 Å². The molecule has 2 aliphatic heterocycles. The summed E-state index contributed by atoms with van der Waals surface area (Å²) in [5.41, 5.74) is 15.6. The lowest BCUT2D eigenvalue weighted by atomic mass is 9.80.